The molecule has 40 heavy (non-hydrogen) atoms. The Morgan fingerprint density at radius 2 is 1.90 bits per heavy atom. The molecule has 1 aromatic carbocycles. The third kappa shape index (κ3) is 4.01. The second kappa shape index (κ2) is 9.64. The fourth-order valence-electron chi connectivity index (χ4n) is 9.32. The number of carbonyl (C=O) groups excluding carboxylic acids is 2. The molecule has 5 aliphatic rings. The molecule has 0 spiro atoms. The molecule has 8 atom stereocenters. The van der Waals surface area contributed by atoms with Crippen LogP contribution in [0.2, 0.25) is 0 Å². The van der Waals surface area contributed by atoms with Crippen LogP contribution in [-0.2, 0) is 9.53 Å². The van der Waals surface area contributed by atoms with Crippen LogP contribution in [0, 0.1) is 28.6 Å². The summed E-state index contributed by atoms with van der Waals surface area (Å²) in [7, 11) is 0. The van der Waals surface area contributed by atoms with Crippen LogP contribution in [0.4, 0.5) is 0 Å². The van der Waals surface area contributed by atoms with Gasteiger partial charge in [-0.05, 0) is 92.9 Å². The van der Waals surface area contributed by atoms with E-state index in [9.17, 15) is 30.0 Å². The van der Waals surface area contributed by atoms with Crippen molar-refractivity contribution in [2.75, 3.05) is 6.61 Å². The summed E-state index contributed by atoms with van der Waals surface area (Å²) in [6.45, 7) is 2.42. The van der Waals surface area contributed by atoms with Crippen molar-refractivity contribution in [1.29, 1.82) is 0 Å². The molecule has 4 aliphatic carbocycles. The van der Waals surface area contributed by atoms with Crippen molar-refractivity contribution in [2.24, 2.45) is 33.7 Å². The molecule has 1 aromatic rings. The van der Waals surface area contributed by atoms with Crippen LogP contribution in [-0.4, -0.2) is 62.4 Å². The Morgan fingerprint density at radius 1 is 1.12 bits per heavy atom. The monoisotopic (exact) mass is 616 g/mol. The first-order chi connectivity index (χ1) is 18.9. The molecule has 0 saturated heterocycles. The molecule has 10 heteroatoms. The van der Waals surface area contributed by atoms with E-state index in [4.69, 9.17) is 4.74 Å². The molecule has 4 saturated carbocycles. The van der Waals surface area contributed by atoms with Crippen molar-refractivity contribution in [1.82, 2.24) is 5.43 Å². The summed E-state index contributed by atoms with van der Waals surface area (Å²) in [5.74, 6) is -1.22. The van der Waals surface area contributed by atoms with Crippen molar-refractivity contribution in [3.8, 4) is 5.75 Å². The minimum atomic E-state index is -1.23. The second-order valence-electron chi connectivity index (χ2n) is 12.9. The zero-order valence-corrected chi connectivity index (χ0v) is 24.2. The SMILES string of the molecule is C[C@]12CC[C@H]3[C@@H](CC[C@]4(O)C[C@H](O)CC[C@]34/C=N\NC(=O)c3cc(Br)ccc3O)[C@]1(O)CC[C@@H]2C1=CC(=O)OC1. The van der Waals surface area contributed by atoms with Gasteiger partial charge in [-0.15, -0.1) is 0 Å². The lowest BCUT2D eigenvalue weighted by molar-refractivity contribution is -0.237. The molecule has 0 unspecified atom stereocenters. The van der Waals surface area contributed by atoms with Gasteiger partial charge in [-0.25, -0.2) is 10.2 Å². The summed E-state index contributed by atoms with van der Waals surface area (Å²) in [4.78, 5) is 24.7. The van der Waals surface area contributed by atoms with Crippen molar-refractivity contribution in [3.63, 3.8) is 0 Å². The van der Waals surface area contributed by atoms with E-state index in [-0.39, 0.29) is 48.1 Å². The van der Waals surface area contributed by atoms with E-state index >= 15 is 0 Å². The van der Waals surface area contributed by atoms with E-state index in [1.165, 1.54) is 12.1 Å². The molecule has 216 valence electrons. The Kier molecular flexibility index (Phi) is 6.72. The number of aliphatic hydroxyl groups excluding tert-OH is 1. The maximum absolute atomic E-state index is 12.9. The van der Waals surface area contributed by atoms with Gasteiger partial charge in [0.2, 0.25) is 0 Å². The maximum Gasteiger partial charge on any atom is 0.331 e. The molecule has 0 aromatic heterocycles. The van der Waals surface area contributed by atoms with Crippen LogP contribution >= 0.6 is 15.9 Å². The smallest absolute Gasteiger partial charge is 0.331 e. The van der Waals surface area contributed by atoms with E-state index in [0.29, 0.717) is 43.0 Å². The van der Waals surface area contributed by atoms with E-state index in [0.717, 1.165) is 18.4 Å². The second-order valence-corrected chi connectivity index (χ2v) is 13.8. The van der Waals surface area contributed by atoms with Gasteiger partial charge in [0.1, 0.15) is 12.4 Å². The Balaban J connectivity index is 1.32. The van der Waals surface area contributed by atoms with Gasteiger partial charge in [-0.2, -0.15) is 5.10 Å². The van der Waals surface area contributed by atoms with Crippen LogP contribution in [0.15, 0.2) is 39.4 Å². The third-order valence-corrected chi connectivity index (χ3v) is 11.8. The lowest BCUT2D eigenvalue weighted by Gasteiger charge is -2.65. The normalized spacial score (nSPS) is 42.5. The maximum atomic E-state index is 12.9. The van der Waals surface area contributed by atoms with Gasteiger partial charge in [0.25, 0.3) is 5.91 Å². The van der Waals surface area contributed by atoms with E-state index < -0.39 is 34.0 Å². The van der Waals surface area contributed by atoms with Crippen LogP contribution < -0.4 is 5.43 Å². The summed E-state index contributed by atoms with van der Waals surface area (Å²) in [5.41, 5.74) is 0.0831. The number of aliphatic hydroxyl groups is 3. The quantitative estimate of drug-likeness (QED) is 0.197. The number of hydrazone groups is 1. The summed E-state index contributed by atoms with van der Waals surface area (Å²) < 4.78 is 5.86. The van der Waals surface area contributed by atoms with Crippen molar-refractivity contribution in [3.05, 3.63) is 39.9 Å². The Morgan fingerprint density at radius 3 is 2.65 bits per heavy atom. The van der Waals surface area contributed by atoms with Crippen molar-refractivity contribution in [2.45, 2.75) is 82.0 Å². The number of aromatic hydroxyl groups is 1. The van der Waals surface area contributed by atoms with Gasteiger partial charge in [-0.1, -0.05) is 22.9 Å². The van der Waals surface area contributed by atoms with E-state index in [2.05, 4.69) is 33.4 Å². The summed E-state index contributed by atoms with van der Waals surface area (Å²) >= 11 is 3.31. The highest BCUT2D eigenvalue weighted by Crippen LogP contribution is 2.70. The Hall–Kier alpha value is -2.27. The molecule has 5 N–H and O–H groups in total. The first-order valence-corrected chi connectivity index (χ1v) is 15.0. The number of benzene rings is 1. The van der Waals surface area contributed by atoms with Gasteiger partial charge < -0.3 is 25.2 Å². The molecule has 1 heterocycles. The number of hydrogen-bond acceptors (Lipinski definition) is 8. The van der Waals surface area contributed by atoms with Gasteiger partial charge in [-0.3, -0.25) is 4.79 Å². The number of nitrogens with one attached hydrogen (secondary N) is 1. The molecular formula is C30H37BrN2O7. The first kappa shape index (κ1) is 27.9. The van der Waals surface area contributed by atoms with E-state index in [1.54, 1.807) is 18.4 Å². The number of phenols is 1. The summed E-state index contributed by atoms with van der Waals surface area (Å²) in [6.07, 6.45) is 7.68. The molecule has 4 fully saturated rings. The average Bonchev–Trinajstić information content (AvgIpc) is 3.45. The highest BCUT2D eigenvalue weighted by Gasteiger charge is 2.71. The number of halogens is 1. The largest absolute Gasteiger partial charge is 0.507 e. The molecule has 0 radical (unpaired) electrons. The lowest BCUT2D eigenvalue weighted by atomic mass is 9.41. The molecule has 1 aliphatic heterocycles. The minimum absolute atomic E-state index is 0.0562. The van der Waals surface area contributed by atoms with E-state index in [1.807, 2.05) is 0 Å². The van der Waals surface area contributed by atoms with Crippen LogP contribution in [0.25, 0.3) is 0 Å². The zero-order valence-electron chi connectivity index (χ0n) is 22.6. The number of carbonyl (C=O) groups is 2. The number of hydrogen-bond donors (Lipinski definition) is 5. The molecule has 0 bridgehead atoms. The molecule has 6 rings (SSSR count). The predicted molar refractivity (Wildman–Crippen MR) is 149 cm³/mol. The van der Waals surface area contributed by atoms with Crippen molar-refractivity contribution >= 4 is 34.0 Å². The molecule has 1 amide bonds. The topological polar surface area (TPSA) is 149 Å². The standard InChI is InChI=1S/C30H37BrN2O7/c1-27-8-5-22-23(30(27,39)11-7-21(27)17-12-25(36)40-15-17)6-10-29(38)14-19(34)4-9-28(22,29)16-32-33-26(37)20-13-18(31)2-3-24(20)35/h2-3,12-13,16,19,21-23,34-35,38-39H,4-11,14-15H2,1H3,(H,33,37)/b32-16-/t19-,21-,22+,23-,27-,28+,29+,30-/m1/s1. The number of phenolic OH excluding ortho intramolecular Hbond substituents is 1. The third-order valence-electron chi connectivity index (χ3n) is 11.3. The van der Waals surface area contributed by atoms with Crippen LogP contribution in [0.1, 0.15) is 75.1 Å². The number of nitrogens with zero attached hydrogens (tertiary/aromatic N) is 1. The number of ether oxygens (including phenoxy) is 1. The summed E-state index contributed by atoms with van der Waals surface area (Å²) in [6, 6.07) is 4.56. The molecular weight excluding hydrogens is 580 g/mol. The Labute approximate surface area is 241 Å². The highest BCUT2D eigenvalue weighted by molar-refractivity contribution is 9.10. The zero-order chi connectivity index (χ0) is 28.5. The first-order valence-electron chi connectivity index (χ1n) is 14.3. The average molecular weight is 618 g/mol. The van der Waals surface area contributed by atoms with Crippen LogP contribution in [0.3, 0.4) is 0 Å². The van der Waals surface area contributed by atoms with Crippen molar-refractivity contribution < 1.29 is 34.8 Å². The van der Waals surface area contributed by atoms with Gasteiger partial charge in [0.05, 0.1) is 22.9 Å². The lowest BCUT2D eigenvalue weighted by Crippen LogP contribution is -2.68. The number of esters is 1. The summed E-state index contributed by atoms with van der Waals surface area (Å²) in [5, 5.41) is 49.7. The van der Waals surface area contributed by atoms with Gasteiger partial charge in [0, 0.05) is 34.0 Å². The number of rotatable bonds is 4. The molecule has 9 nitrogen and oxygen atoms in total. The van der Waals surface area contributed by atoms with Crippen LogP contribution in [0.5, 0.6) is 5.75 Å². The van der Waals surface area contributed by atoms with Gasteiger partial charge in [0.15, 0.2) is 0 Å². The Bertz CT molecular complexity index is 1300. The number of cyclic esters (lactones) is 1. The fourth-order valence-corrected chi connectivity index (χ4v) is 9.68. The minimum Gasteiger partial charge on any atom is -0.507 e. The number of fused-ring (bicyclic) bond motifs is 5. The fraction of sp³-hybridized carbons (Fsp3) is 0.633. The highest BCUT2D eigenvalue weighted by atomic mass is 79.9. The number of amides is 1. The van der Waals surface area contributed by atoms with Gasteiger partial charge >= 0.3 is 5.97 Å². The predicted octanol–water partition coefficient (Wildman–Crippen LogP) is 3.58.